The fraction of sp³-hybridized carbons (Fsp3) is 0.909. The van der Waals surface area contributed by atoms with Crippen molar-refractivity contribution < 1.29 is 14.6 Å². The highest BCUT2D eigenvalue weighted by molar-refractivity contribution is 7.80. The molecule has 6 heteroatoms. The second-order valence-corrected chi connectivity index (χ2v) is 4.83. The number of nitrogens with zero attached hydrogens (tertiary/aromatic N) is 1. The first-order valence-electron chi connectivity index (χ1n) is 5.87. The number of methoxy groups -OCH3 is 1. The molecule has 17 heavy (non-hydrogen) atoms. The summed E-state index contributed by atoms with van der Waals surface area (Å²) in [6, 6.07) is 0.405. The van der Waals surface area contributed by atoms with Gasteiger partial charge in [0, 0.05) is 19.7 Å². The Labute approximate surface area is 108 Å². The van der Waals surface area contributed by atoms with Crippen molar-refractivity contribution in [3.63, 3.8) is 0 Å². The van der Waals surface area contributed by atoms with Crippen molar-refractivity contribution in [3.05, 3.63) is 0 Å². The summed E-state index contributed by atoms with van der Waals surface area (Å²) in [7, 11) is 1.67. The van der Waals surface area contributed by atoms with Crippen LogP contribution >= 0.6 is 12.2 Å². The van der Waals surface area contributed by atoms with E-state index in [1.165, 1.54) is 0 Å². The SMILES string of the molecule is COCC(C)NC(=S)N1CC(CO)OCC1C. The van der Waals surface area contributed by atoms with Crippen LogP contribution in [0.1, 0.15) is 13.8 Å². The van der Waals surface area contributed by atoms with Crippen LogP contribution in [0.4, 0.5) is 0 Å². The minimum Gasteiger partial charge on any atom is -0.394 e. The van der Waals surface area contributed by atoms with Gasteiger partial charge in [-0.05, 0) is 26.1 Å². The van der Waals surface area contributed by atoms with E-state index in [4.69, 9.17) is 26.8 Å². The normalized spacial score (nSPS) is 26.7. The van der Waals surface area contributed by atoms with Crippen molar-refractivity contribution in [2.45, 2.75) is 32.0 Å². The molecule has 2 N–H and O–H groups in total. The van der Waals surface area contributed by atoms with Crippen LogP contribution in [0.3, 0.4) is 0 Å². The zero-order valence-electron chi connectivity index (χ0n) is 10.7. The smallest absolute Gasteiger partial charge is 0.169 e. The largest absolute Gasteiger partial charge is 0.394 e. The molecule has 1 aliphatic rings. The molecule has 1 aliphatic heterocycles. The summed E-state index contributed by atoms with van der Waals surface area (Å²) in [4.78, 5) is 2.06. The van der Waals surface area contributed by atoms with Crippen molar-refractivity contribution in [1.82, 2.24) is 10.2 Å². The number of morpholine rings is 1. The maximum absolute atomic E-state index is 9.11. The molecule has 1 fully saturated rings. The van der Waals surface area contributed by atoms with Gasteiger partial charge in [-0.2, -0.15) is 0 Å². The first-order chi connectivity index (χ1) is 8.08. The van der Waals surface area contributed by atoms with Gasteiger partial charge in [0.25, 0.3) is 0 Å². The van der Waals surface area contributed by atoms with Gasteiger partial charge < -0.3 is 24.8 Å². The zero-order valence-corrected chi connectivity index (χ0v) is 11.5. The summed E-state index contributed by atoms with van der Waals surface area (Å²) in [5, 5.41) is 13.0. The molecule has 1 heterocycles. The molecule has 0 radical (unpaired) electrons. The number of thiocarbonyl (C=S) groups is 1. The maximum Gasteiger partial charge on any atom is 0.169 e. The molecule has 1 rings (SSSR count). The molecule has 0 aromatic heterocycles. The lowest BCUT2D eigenvalue weighted by molar-refractivity contribution is -0.0563. The van der Waals surface area contributed by atoms with E-state index in [1.807, 2.05) is 6.92 Å². The number of aliphatic hydroxyl groups is 1. The molecule has 0 aliphatic carbocycles. The third kappa shape index (κ3) is 4.39. The van der Waals surface area contributed by atoms with Crippen LogP contribution < -0.4 is 5.32 Å². The zero-order chi connectivity index (χ0) is 12.8. The molecule has 0 spiro atoms. The fourth-order valence-electron chi connectivity index (χ4n) is 1.80. The van der Waals surface area contributed by atoms with Crippen LogP contribution in [0.2, 0.25) is 0 Å². The summed E-state index contributed by atoms with van der Waals surface area (Å²) in [5.41, 5.74) is 0. The second-order valence-electron chi connectivity index (χ2n) is 4.45. The first kappa shape index (κ1) is 14.6. The maximum atomic E-state index is 9.11. The van der Waals surface area contributed by atoms with E-state index in [-0.39, 0.29) is 24.8 Å². The second kappa shape index (κ2) is 7.10. The average Bonchev–Trinajstić information content (AvgIpc) is 2.29. The van der Waals surface area contributed by atoms with Crippen LogP contribution in [0.5, 0.6) is 0 Å². The van der Waals surface area contributed by atoms with Gasteiger partial charge >= 0.3 is 0 Å². The Kier molecular flexibility index (Phi) is 6.11. The summed E-state index contributed by atoms with van der Waals surface area (Å²) in [5.74, 6) is 0. The van der Waals surface area contributed by atoms with E-state index in [9.17, 15) is 0 Å². The van der Waals surface area contributed by atoms with E-state index in [2.05, 4.69) is 17.1 Å². The van der Waals surface area contributed by atoms with E-state index in [0.29, 0.717) is 24.9 Å². The Bertz CT molecular complexity index is 253. The number of ether oxygens (including phenoxy) is 2. The van der Waals surface area contributed by atoms with Gasteiger partial charge in [-0.25, -0.2) is 0 Å². The monoisotopic (exact) mass is 262 g/mol. The molecule has 0 aromatic rings. The van der Waals surface area contributed by atoms with Crippen molar-refractivity contribution >= 4 is 17.3 Å². The van der Waals surface area contributed by atoms with Crippen molar-refractivity contribution in [3.8, 4) is 0 Å². The Morgan fingerprint density at radius 1 is 1.71 bits per heavy atom. The molecule has 100 valence electrons. The first-order valence-corrected chi connectivity index (χ1v) is 6.27. The van der Waals surface area contributed by atoms with Crippen molar-refractivity contribution in [2.75, 3.05) is 33.5 Å². The van der Waals surface area contributed by atoms with Gasteiger partial charge in [-0.15, -0.1) is 0 Å². The number of nitrogens with one attached hydrogen (secondary N) is 1. The van der Waals surface area contributed by atoms with Gasteiger partial charge in [-0.3, -0.25) is 0 Å². The Morgan fingerprint density at radius 3 is 3.00 bits per heavy atom. The van der Waals surface area contributed by atoms with Crippen LogP contribution in [0, 0.1) is 0 Å². The van der Waals surface area contributed by atoms with E-state index in [1.54, 1.807) is 7.11 Å². The molecule has 0 saturated carbocycles. The van der Waals surface area contributed by atoms with Crippen LogP contribution in [0.15, 0.2) is 0 Å². The molecule has 0 amide bonds. The van der Waals surface area contributed by atoms with Crippen LogP contribution in [-0.2, 0) is 9.47 Å². The molecular weight excluding hydrogens is 240 g/mol. The van der Waals surface area contributed by atoms with Crippen molar-refractivity contribution in [2.24, 2.45) is 0 Å². The van der Waals surface area contributed by atoms with Gasteiger partial charge in [0.05, 0.1) is 32.0 Å². The fourth-order valence-corrected chi connectivity index (χ4v) is 2.25. The number of hydrogen-bond acceptors (Lipinski definition) is 4. The summed E-state index contributed by atoms with van der Waals surface area (Å²) >= 11 is 5.36. The highest BCUT2D eigenvalue weighted by Gasteiger charge is 2.27. The molecule has 3 atom stereocenters. The lowest BCUT2D eigenvalue weighted by Gasteiger charge is -2.39. The quantitative estimate of drug-likeness (QED) is 0.694. The molecule has 5 nitrogen and oxygen atoms in total. The average molecular weight is 262 g/mol. The highest BCUT2D eigenvalue weighted by atomic mass is 32.1. The number of rotatable bonds is 4. The highest BCUT2D eigenvalue weighted by Crippen LogP contribution is 2.11. The molecule has 3 unspecified atom stereocenters. The molecule has 0 aromatic carbocycles. The summed E-state index contributed by atoms with van der Waals surface area (Å²) in [6.07, 6.45) is -0.149. The number of aliphatic hydroxyl groups excluding tert-OH is 1. The summed E-state index contributed by atoms with van der Waals surface area (Å²) < 4.78 is 10.5. The van der Waals surface area contributed by atoms with Gasteiger partial charge in [-0.1, -0.05) is 0 Å². The molecule has 1 saturated heterocycles. The minimum absolute atomic E-state index is 0.0272. The van der Waals surface area contributed by atoms with E-state index < -0.39 is 0 Å². The third-order valence-electron chi connectivity index (χ3n) is 2.76. The summed E-state index contributed by atoms with van der Waals surface area (Å²) in [6.45, 7) is 5.93. The third-order valence-corrected chi connectivity index (χ3v) is 3.11. The standard InChI is InChI=1S/C11H22N2O3S/c1-8(6-15-3)12-11(17)13-4-10(5-14)16-7-9(13)2/h8-10,14H,4-7H2,1-3H3,(H,12,17). The van der Waals surface area contributed by atoms with Crippen molar-refractivity contribution in [1.29, 1.82) is 0 Å². The topological polar surface area (TPSA) is 54.0 Å². The lowest BCUT2D eigenvalue weighted by Crippen LogP contribution is -2.56. The molecular formula is C11H22N2O3S. The lowest BCUT2D eigenvalue weighted by atomic mass is 10.2. The van der Waals surface area contributed by atoms with Gasteiger partial charge in [0.1, 0.15) is 0 Å². The Morgan fingerprint density at radius 2 is 2.41 bits per heavy atom. The Hall–Kier alpha value is -0.430. The van der Waals surface area contributed by atoms with E-state index >= 15 is 0 Å². The van der Waals surface area contributed by atoms with Crippen LogP contribution in [0.25, 0.3) is 0 Å². The minimum atomic E-state index is -0.149. The predicted molar refractivity (Wildman–Crippen MR) is 70.1 cm³/mol. The molecule has 0 bridgehead atoms. The predicted octanol–water partition coefficient (Wildman–Crippen LogP) is -0.0226. The van der Waals surface area contributed by atoms with Gasteiger partial charge in [0.2, 0.25) is 0 Å². The number of hydrogen-bond donors (Lipinski definition) is 2. The van der Waals surface area contributed by atoms with Crippen LogP contribution in [-0.4, -0.2) is 66.8 Å². The Balaban J connectivity index is 2.48. The van der Waals surface area contributed by atoms with Gasteiger partial charge in [0.15, 0.2) is 5.11 Å². The van der Waals surface area contributed by atoms with E-state index in [0.717, 1.165) is 0 Å².